The van der Waals surface area contributed by atoms with Gasteiger partial charge in [-0.1, -0.05) is 5.16 Å². The lowest BCUT2D eigenvalue weighted by atomic mass is 9.92. The molecule has 1 saturated carbocycles. The lowest BCUT2D eigenvalue weighted by Crippen LogP contribution is -2.50. The molecule has 2 fully saturated rings. The summed E-state index contributed by atoms with van der Waals surface area (Å²) in [4.78, 5) is 2.31. The molecular weight excluding hydrogens is 371 g/mol. The highest BCUT2D eigenvalue weighted by Gasteiger charge is 2.39. The van der Waals surface area contributed by atoms with E-state index in [1.165, 1.54) is 5.56 Å². The highest BCUT2D eigenvalue weighted by Crippen LogP contribution is 2.44. The monoisotopic (exact) mass is 393 g/mol. The summed E-state index contributed by atoms with van der Waals surface area (Å²) in [5.74, 6) is -1.63. The summed E-state index contributed by atoms with van der Waals surface area (Å²) in [6.45, 7) is 1.93. The van der Waals surface area contributed by atoms with Gasteiger partial charge in [-0.2, -0.15) is 0 Å². The molecule has 150 valence electrons. The van der Waals surface area contributed by atoms with E-state index in [-0.39, 0.29) is 11.6 Å². The van der Waals surface area contributed by atoms with Crippen molar-refractivity contribution in [2.24, 2.45) is 5.73 Å². The predicted molar refractivity (Wildman–Crippen MR) is 94.0 cm³/mol. The zero-order valence-electron chi connectivity index (χ0n) is 15.3. The Morgan fingerprint density at radius 1 is 1.11 bits per heavy atom. The fourth-order valence-corrected chi connectivity index (χ4v) is 4.41. The second-order valence-electron chi connectivity index (χ2n) is 8.06. The molecule has 0 bridgehead atoms. The van der Waals surface area contributed by atoms with Gasteiger partial charge < -0.3 is 15.0 Å². The molecule has 2 N–H and O–H groups in total. The number of halogens is 3. The standard InChI is InChI=1S/C20H22F3N3O2/c21-14-7-16(23)15(22)6-12(14)20-17(24)5-11(9-27-20)26-4-3-18-13(8-26)19(28-25-18)10-1-2-10/h6-7,10-11,17,20H,1-5,8-9,24H2/t11?,17?,20-/m1/s1. The maximum atomic E-state index is 14.1. The molecule has 2 aromatic rings. The molecule has 3 heterocycles. The topological polar surface area (TPSA) is 64.5 Å². The minimum atomic E-state index is -1.21. The molecular formula is C20H22F3N3O2. The zero-order chi connectivity index (χ0) is 19.4. The van der Waals surface area contributed by atoms with E-state index < -0.39 is 29.6 Å². The molecule has 0 spiro atoms. The molecule has 8 heteroatoms. The Bertz CT molecular complexity index is 899. The van der Waals surface area contributed by atoms with Crippen LogP contribution in [0.4, 0.5) is 13.2 Å². The molecule has 28 heavy (non-hydrogen) atoms. The summed E-state index contributed by atoms with van der Waals surface area (Å²) >= 11 is 0. The Balaban J connectivity index is 1.30. The van der Waals surface area contributed by atoms with Gasteiger partial charge in [-0.15, -0.1) is 0 Å². The van der Waals surface area contributed by atoms with Crippen LogP contribution >= 0.6 is 0 Å². The molecule has 3 atom stereocenters. The molecule has 1 aromatic heterocycles. The Kier molecular flexibility index (Phi) is 4.45. The maximum absolute atomic E-state index is 14.1. The summed E-state index contributed by atoms with van der Waals surface area (Å²) in [5.41, 5.74) is 8.47. The van der Waals surface area contributed by atoms with Crippen LogP contribution in [0.15, 0.2) is 16.7 Å². The van der Waals surface area contributed by atoms with Crippen molar-refractivity contribution in [3.8, 4) is 0 Å². The van der Waals surface area contributed by atoms with E-state index in [0.29, 0.717) is 25.0 Å². The third-order valence-electron chi connectivity index (χ3n) is 6.11. The summed E-state index contributed by atoms with van der Waals surface area (Å²) < 4.78 is 52.3. The Morgan fingerprint density at radius 3 is 2.64 bits per heavy atom. The van der Waals surface area contributed by atoms with E-state index in [1.807, 2.05) is 0 Å². The molecule has 2 aliphatic heterocycles. The van der Waals surface area contributed by atoms with Crippen LogP contribution in [0.3, 0.4) is 0 Å². The van der Waals surface area contributed by atoms with Gasteiger partial charge >= 0.3 is 0 Å². The van der Waals surface area contributed by atoms with E-state index >= 15 is 0 Å². The summed E-state index contributed by atoms with van der Waals surface area (Å²) in [6, 6.07) is 0.964. The third kappa shape index (κ3) is 3.13. The van der Waals surface area contributed by atoms with Crippen LogP contribution in [0.5, 0.6) is 0 Å². The average molecular weight is 393 g/mol. The number of hydrogen-bond acceptors (Lipinski definition) is 5. The molecule has 5 rings (SSSR count). The molecule has 2 unspecified atom stereocenters. The smallest absolute Gasteiger partial charge is 0.161 e. The van der Waals surface area contributed by atoms with Crippen LogP contribution in [-0.4, -0.2) is 35.3 Å². The van der Waals surface area contributed by atoms with Gasteiger partial charge in [-0.05, 0) is 25.3 Å². The van der Waals surface area contributed by atoms with Crippen molar-refractivity contribution >= 4 is 0 Å². The van der Waals surface area contributed by atoms with Crippen LogP contribution in [0, 0.1) is 17.5 Å². The number of nitrogens with two attached hydrogens (primary N) is 1. The Hall–Kier alpha value is -1.90. The van der Waals surface area contributed by atoms with Gasteiger partial charge in [0.1, 0.15) is 17.7 Å². The van der Waals surface area contributed by atoms with Crippen molar-refractivity contribution in [1.29, 1.82) is 0 Å². The maximum Gasteiger partial charge on any atom is 0.161 e. The predicted octanol–water partition coefficient (Wildman–Crippen LogP) is 3.18. The summed E-state index contributed by atoms with van der Waals surface area (Å²) in [7, 11) is 0. The summed E-state index contributed by atoms with van der Waals surface area (Å²) in [5, 5.41) is 4.22. The van der Waals surface area contributed by atoms with E-state index in [9.17, 15) is 13.2 Å². The van der Waals surface area contributed by atoms with Crippen LogP contribution in [0.2, 0.25) is 0 Å². The third-order valence-corrected chi connectivity index (χ3v) is 6.11. The number of benzene rings is 1. The van der Waals surface area contributed by atoms with Crippen LogP contribution in [-0.2, 0) is 17.7 Å². The van der Waals surface area contributed by atoms with E-state index in [1.54, 1.807) is 0 Å². The minimum absolute atomic E-state index is 0.0270. The lowest BCUT2D eigenvalue weighted by molar-refractivity contribution is -0.0549. The number of fused-ring (bicyclic) bond motifs is 1. The quantitative estimate of drug-likeness (QED) is 0.812. The molecule has 1 aromatic carbocycles. The fourth-order valence-electron chi connectivity index (χ4n) is 4.41. The first-order valence-corrected chi connectivity index (χ1v) is 9.74. The normalized spacial score (nSPS) is 28.4. The van der Waals surface area contributed by atoms with E-state index in [2.05, 4.69) is 10.1 Å². The van der Waals surface area contributed by atoms with Crippen molar-refractivity contribution in [2.75, 3.05) is 13.2 Å². The minimum Gasteiger partial charge on any atom is -0.370 e. The Morgan fingerprint density at radius 2 is 1.89 bits per heavy atom. The first-order valence-electron chi connectivity index (χ1n) is 9.74. The van der Waals surface area contributed by atoms with Crippen molar-refractivity contribution in [1.82, 2.24) is 10.1 Å². The fraction of sp³-hybridized carbons (Fsp3) is 0.550. The second-order valence-corrected chi connectivity index (χ2v) is 8.06. The molecule has 0 radical (unpaired) electrons. The SMILES string of the molecule is NC1CC(N2CCc3noc(C4CC4)c3C2)CO[C@@H]1c1cc(F)c(F)cc1F. The van der Waals surface area contributed by atoms with Crippen LogP contribution < -0.4 is 5.73 Å². The van der Waals surface area contributed by atoms with Gasteiger partial charge in [0.25, 0.3) is 0 Å². The molecule has 3 aliphatic rings. The highest BCUT2D eigenvalue weighted by atomic mass is 19.2. The molecule has 1 aliphatic carbocycles. The van der Waals surface area contributed by atoms with Gasteiger partial charge in [-0.25, -0.2) is 13.2 Å². The number of rotatable bonds is 3. The number of ether oxygens (including phenoxy) is 1. The zero-order valence-corrected chi connectivity index (χ0v) is 15.3. The van der Waals surface area contributed by atoms with E-state index in [0.717, 1.165) is 49.9 Å². The largest absolute Gasteiger partial charge is 0.370 e. The van der Waals surface area contributed by atoms with Gasteiger partial charge in [0.2, 0.25) is 0 Å². The second kappa shape index (κ2) is 6.86. The van der Waals surface area contributed by atoms with Gasteiger partial charge in [-0.3, -0.25) is 4.90 Å². The van der Waals surface area contributed by atoms with Crippen molar-refractivity contribution in [2.45, 2.75) is 56.3 Å². The lowest BCUT2D eigenvalue weighted by Gasteiger charge is -2.41. The van der Waals surface area contributed by atoms with E-state index in [4.69, 9.17) is 15.0 Å². The van der Waals surface area contributed by atoms with Gasteiger partial charge in [0.05, 0.1) is 12.3 Å². The van der Waals surface area contributed by atoms with Gasteiger partial charge in [0, 0.05) is 54.7 Å². The first-order chi connectivity index (χ1) is 13.5. The van der Waals surface area contributed by atoms with Crippen LogP contribution in [0.1, 0.15) is 53.9 Å². The molecule has 0 amide bonds. The van der Waals surface area contributed by atoms with Crippen molar-refractivity contribution < 1.29 is 22.4 Å². The number of aromatic nitrogens is 1. The van der Waals surface area contributed by atoms with Gasteiger partial charge in [0.15, 0.2) is 11.6 Å². The molecule has 5 nitrogen and oxygen atoms in total. The molecule has 1 saturated heterocycles. The first kappa shape index (κ1) is 18.1. The average Bonchev–Trinajstić information content (AvgIpc) is 3.43. The Labute approximate surface area is 160 Å². The van der Waals surface area contributed by atoms with Crippen LogP contribution in [0.25, 0.3) is 0 Å². The van der Waals surface area contributed by atoms with Crippen molar-refractivity contribution in [3.63, 3.8) is 0 Å². The number of nitrogens with zero attached hydrogens (tertiary/aromatic N) is 2. The number of hydrogen-bond donors (Lipinski definition) is 1. The highest BCUT2D eigenvalue weighted by molar-refractivity contribution is 5.30. The summed E-state index contributed by atoms with van der Waals surface area (Å²) in [6.07, 6.45) is 2.92. The van der Waals surface area contributed by atoms with Crippen molar-refractivity contribution in [3.05, 3.63) is 52.2 Å².